The molecule has 2 saturated heterocycles. The van der Waals surface area contributed by atoms with Gasteiger partial charge in [-0.05, 0) is 19.3 Å². The third-order valence-corrected chi connectivity index (χ3v) is 4.98. The molecule has 0 saturated carbocycles. The Morgan fingerprint density at radius 3 is 1.96 bits per heavy atom. The van der Waals surface area contributed by atoms with Gasteiger partial charge in [-0.3, -0.25) is 14.4 Å². The van der Waals surface area contributed by atoms with Gasteiger partial charge in [-0.2, -0.15) is 0 Å². The molecule has 0 N–H and O–H groups in total. The van der Waals surface area contributed by atoms with Crippen LogP contribution in [0.15, 0.2) is 0 Å². The van der Waals surface area contributed by atoms with Crippen LogP contribution < -0.4 is 0 Å². The van der Waals surface area contributed by atoms with Crippen molar-refractivity contribution in [3.05, 3.63) is 0 Å². The van der Waals surface area contributed by atoms with Crippen LogP contribution in [0.1, 0.15) is 46.0 Å². The summed E-state index contributed by atoms with van der Waals surface area (Å²) in [5, 5.41) is 0. The first-order valence-electron chi connectivity index (χ1n) is 8.85. The summed E-state index contributed by atoms with van der Waals surface area (Å²) in [6, 6.07) is 0. The maximum atomic E-state index is 12.6. The fraction of sp³-hybridized carbons (Fsp3) is 0.824. The van der Waals surface area contributed by atoms with Crippen LogP contribution in [-0.2, 0) is 14.4 Å². The topological polar surface area (TPSA) is 60.9 Å². The van der Waals surface area contributed by atoms with Crippen LogP contribution in [-0.4, -0.2) is 71.7 Å². The summed E-state index contributed by atoms with van der Waals surface area (Å²) in [7, 11) is 0. The fourth-order valence-corrected chi connectivity index (χ4v) is 3.36. The number of hydrogen-bond acceptors (Lipinski definition) is 3. The molecule has 0 aromatic carbocycles. The van der Waals surface area contributed by atoms with E-state index >= 15 is 0 Å². The van der Waals surface area contributed by atoms with Crippen molar-refractivity contribution in [1.82, 2.24) is 14.7 Å². The minimum Gasteiger partial charge on any atom is -0.343 e. The molecule has 2 rings (SSSR count). The quantitative estimate of drug-likeness (QED) is 0.778. The maximum Gasteiger partial charge on any atom is 0.225 e. The average Bonchev–Trinajstić information content (AvgIpc) is 2.59. The van der Waals surface area contributed by atoms with Gasteiger partial charge in [-0.1, -0.05) is 13.3 Å². The van der Waals surface area contributed by atoms with Crippen molar-refractivity contribution in [3.63, 3.8) is 0 Å². The summed E-state index contributed by atoms with van der Waals surface area (Å²) >= 11 is 0. The van der Waals surface area contributed by atoms with Crippen LogP contribution in [0, 0.1) is 5.92 Å². The lowest BCUT2D eigenvalue weighted by Crippen LogP contribution is -2.53. The fourth-order valence-electron chi connectivity index (χ4n) is 3.36. The molecule has 0 bridgehead atoms. The smallest absolute Gasteiger partial charge is 0.225 e. The van der Waals surface area contributed by atoms with E-state index in [-0.39, 0.29) is 23.6 Å². The molecular formula is C17H29N3O3. The molecule has 0 aliphatic carbocycles. The summed E-state index contributed by atoms with van der Waals surface area (Å²) < 4.78 is 0. The highest BCUT2D eigenvalue weighted by Crippen LogP contribution is 2.20. The van der Waals surface area contributed by atoms with Crippen molar-refractivity contribution in [1.29, 1.82) is 0 Å². The van der Waals surface area contributed by atoms with Gasteiger partial charge in [0.15, 0.2) is 0 Å². The van der Waals surface area contributed by atoms with Crippen molar-refractivity contribution in [3.8, 4) is 0 Å². The molecule has 0 aromatic heterocycles. The molecule has 2 aliphatic heterocycles. The van der Waals surface area contributed by atoms with Gasteiger partial charge >= 0.3 is 0 Å². The van der Waals surface area contributed by atoms with Gasteiger partial charge in [-0.25, -0.2) is 0 Å². The van der Waals surface area contributed by atoms with E-state index in [1.807, 2.05) is 14.7 Å². The van der Waals surface area contributed by atoms with E-state index in [9.17, 15) is 14.4 Å². The number of piperidine rings is 1. The lowest BCUT2D eigenvalue weighted by Gasteiger charge is -2.38. The van der Waals surface area contributed by atoms with Gasteiger partial charge in [0.05, 0.1) is 0 Å². The van der Waals surface area contributed by atoms with E-state index < -0.39 is 0 Å². The number of rotatable bonds is 4. The van der Waals surface area contributed by atoms with Crippen LogP contribution in [0.5, 0.6) is 0 Å². The number of nitrogens with zero attached hydrogens (tertiary/aromatic N) is 3. The summed E-state index contributed by atoms with van der Waals surface area (Å²) in [6.45, 7) is 7.62. The largest absolute Gasteiger partial charge is 0.343 e. The Hall–Kier alpha value is -1.59. The molecule has 0 aromatic rings. The molecule has 6 nitrogen and oxygen atoms in total. The first-order chi connectivity index (χ1) is 11.0. The molecule has 0 atom stereocenters. The van der Waals surface area contributed by atoms with Gasteiger partial charge in [0.2, 0.25) is 17.7 Å². The van der Waals surface area contributed by atoms with Crippen LogP contribution in [0.4, 0.5) is 0 Å². The second-order valence-corrected chi connectivity index (χ2v) is 6.59. The van der Waals surface area contributed by atoms with Crippen molar-refractivity contribution >= 4 is 17.7 Å². The highest BCUT2D eigenvalue weighted by molar-refractivity contribution is 5.80. The summed E-state index contributed by atoms with van der Waals surface area (Å²) in [5.41, 5.74) is 0. The Balaban J connectivity index is 1.76. The van der Waals surface area contributed by atoms with Gasteiger partial charge in [0.1, 0.15) is 0 Å². The zero-order chi connectivity index (χ0) is 16.8. The van der Waals surface area contributed by atoms with E-state index in [0.29, 0.717) is 45.7 Å². The van der Waals surface area contributed by atoms with Crippen LogP contribution >= 0.6 is 0 Å². The van der Waals surface area contributed by atoms with Gasteiger partial charge in [-0.15, -0.1) is 0 Å². The Labute approximate surface area is 138 Å². The molecular weight excluding hydrogens is 294 g/mol. The van der Waals surface area contributed by atoms with Crippen LogP contribution in [0.2, 0.25) is 0 Å². The minimum absolute atomic E-state index is 0.0351. The Bertz CT molecular complexity index is 436. The third-order valence-electron chi connectivity index (χ3n) is 4.98. The molecule has 0 unspecified atom stereocenters. The van der Waals surface area contributed by atoms with E-state index in [0.717, 1.165) is 25.7 Å². The number of piperazine rings is 1. The molecule has 2 fully saturated rings. The summed E-state index contributed by atoms with van der Waals surface area (Å²) in [5.74, 6) is 0.547. The first kappa shape index (κ1) is 17.8. The lowest BCUT2D eigenvalue weighted by molar-refractivity contribution is -0.144. The molecule has 6 heteroatoms. The van der Waals surface area contributed by atoms with Crippen LogP contribution in [0.25, 0.3) is 0 Å². The van der Waals surface area contributed by atoms with Crippen molar-refractivity contribution in [2.24, 2.45) is 5.92 Å². The predicted molar refractivity (Wildman–Crippen MR) is 87.7 cm³/mol. The van der Waals surface area contributed by atoms with E-state index in [4.69, 9.17) is 0 Å². The van der Waals surface area contributed by atoms with Gasteiger partial charge in [0.25, 0.3) is 0 Å². The molecule has 0 radical (unpaired) electrons. The van der Waals surface area contributed by atoms with Crippen molar-refractivity contribution in [2.75, 3.05) is 39.3 Å². The Morgan fingerprint density at radius 1 is 0.870 bits per heavy atom. The molecule has 0 spiro atoms. The number of unbranched alkanes of at least 4 members (excludes halogenated alkanes) is 1. The van der Waals surface area contributed by atoms with E-state index in [2.05, 4.69) is 6.92 Å². The minimum atomic E-state index is 0.0351. The first-order valence-corrected chi connectivity index (χ1v) is 8.85. The molecule has 3 amide bonds. The standard InChI is InChI=1S/C17H29N3O3/c1-3-4-5-16(22)19-10-12-20(13-11-19)17(23)15-6-8-18(9-7-15)14(2)21/h15H,3-13H2,1-2H3. The lowest BCUT2D eigenvalue weighted by atomic mass is 9.95. The molecule has 2 heterocycles. The third kappa shape index (κ3) is 4.69. The summed E-state index contributed by atoms with van der Waals surface area (Å²) in [6.07, 6.45) is 4.10. The number of amides is 3. The SMILES string of the molecule is CCCCC(=O)N1CCN(C(=O)C2CCN(C(C)=O)CC2)CC1. The monoisotopic (exact) mass is 323 g/mol. The highest BCUT2D eigenvalue weighted by Gasteiger charge is 2.31. The molecule has 2 aliphatic rings. The number of likely N-dealkylation sites (tertiary alicyclic amines) is 1. The van der Waals surface area contributed by atoms with Crippen LogP contribution in [0.3, 0.4) is 0 Å². The average molecular weight is 323 g/mol. The molecule has 130 valence electrons. The van der Waals surface area contributed by atoms with Gasteiger partial charge < -0.3 is 14.7 Å². The molecule has 23 heavy (non-hydrogen) atoms. The second kappa shape index (κ2) is 8.31. The van der Waals surface area contributed by atoms with E-state index in [1.165, 1.54) is 0 Å². The normalized spacial score (nSPS) is 19.8. The zero-order valence-corrected chi connectivity index (χ0v) is 14.4. The van der Waals surface area contributed by atoms with Gasteiger partial charge in [0, 0.05) is 58.5 Å². The highest BCUT2D eigenvalue weighted by atomic mass is 16.2. The Kier molecular flexibility index (Phi) is 6.42. The zero-order valence-electron chi connectivity index (χ0n) is 14.4. The second-order valence-electron chi connectivity index (χ2n) is 6.59. The van der Waals surface area contributed by atoms with Crippen molar-refractivity contribution in [2.45, 2.75) is 46.0 Å². The number of carbonyl (C=O) groups excluding carboxylic acids is 3. The number of carbonyl (C=O) groups is 3. The van der Waals surface area contributed by atoms with E-state index in [1.54, 1.807) is 6.92 Å². The predicted octanol–water partition coefficient (Wildman–Crippen LogP) is 1.11. The maximum absolute atomic E-state index is 12.6. The summed E-state index contributed by atoms with van der Waals surface area (Å²) in [4.78, 5) is 41.6. The Morgan fingerprint density at radius 2 is 1.43 bits per heavy atom. The van der Waals surface area contributed by atoms with Crippen molar-refractivity contribution < 1.29 is 14.4 Å². The number of hydrogen-bond donors (Lipinski definition) is 0.